The summed E-state index contributed by atoms with van der Waals surface area (Å²) in [5.74, 6) is -0.786. The summed E-state index contributed by atoms with van der Waals surface area (Å²) in [6, 6.07) is -0.0719. The number of carbonyl (C=O) groups is 2. The highest BCUT2D eigenvalue weighted by Gasteiger charge is 2.44. The van der Waals surface area contributed by atoms with Crippen LogP contribution in [0.4, 0.5) is 0 Å². The Balaban J connectivity index is 1.93. The van der Waals surface area contributed by atoms with E-state index in [-0.39, 0.29) is 18.4 Å². The molecular weight excluding hydrogens is 228 g/mol. The van der Waals surface area contributed by atoms with Gasteiger partial charge < -0.3 is 10.0 Å². The van der Waals surface area contributed by atoms with Crippen LogP contribution in [0.25, 0.3) is 0 Å². The molecular formula is C10H14N2O3S. The number of amides is 1. The van der Waals surface area contributed by atoms with Crippen molar-refractivity contribution in [3.05, 3.63) is 0 Å². The first-order valence-electron chi connectivity index (χ1n) is 5.45. The average molecular weight is 242 g/mol. The van der Waals surface area contributed by atoms with Crippen molar-refractivity contribution in [2.45, 2.75) is 31.7 Å². The van der Waals surface area contributed by atoms with Gasteiger partial charge in [0, 0.05) is 19.5 Å². The lowest BCUT2D eigenvalue weighted by Gasteiger charge is -2.18. The van der Waals surface area contributed by atoms with Crippen LogP contribution in [0.3, 0.4) is 0 Å². The number of hydrogen-bond donors (Lipinski definition) is 1. The molecule has 0 aromatic carbocycles. The lowest BCUT2D eigenvalue weighted by molar-refractivity contribution is -0.137. The Labute approximate surface area is 99.0 Å². The number of carboxylic acid groups (broad SMARTS) is 1. The van der Waals surface area contributed by atoms with E-state index in [2.05, 4.69) is 0 Å². The van der Waals surface area contributed by atoms with Crippen LogP contribution in [0.1, 0.15) is 25.7 Å². The molecule has 0 aromatic heterocycles. The number of aliphatic carboxylic acids is 1. The molecule has 2 heterocycles. The van der Waals surface area contributed by atoms with Crippen molar-refractivity contribution < 1.29 is 14.7 Å². The SMILES string of the molecule is O=C(O)CCCN1C(=O)C2CCCN2C1=S. The summed E-state index contributed by atoms with van der Waals surface area (Å²) in [5.41, 5.74) is 0. The Morgan fingerprint density at radius 1 is 1.56 bits per heavy atom. The van der Waals surface area contributed by atoms with E-state index >= 15 is 0 Å². The zero-order chi connectivity index (χ0) is 11.7. The van der Waals surface area contributed by atoms with E-state index in [1.165, 1.54) is 0 Å². The smallest absolute Gasteiger partial charge is 0.303 e. The molecule has 2 fully saturated rings. The fraction of sp³-hybridized carbons (Fsp3) is 0.700. The molecule has 1 N–H and O–H groups in total. The number of carbonyl (C=O) groups excluding carboxylic acids is 1. The normalized spacial score (nSPS) is 24.1. The van der Waals surface area contributed by atoms with E-state index in [0.717, 1.165) is 19.4 Å². The molecule has 0 spiro atoms. The van der Waals surface area contributed by atoms with Gasteiger partial charge in [-0.25, -0.2) is 0 Å². The second-order valence-electron chi connectivity index (χ2n) is 4.12. The second-order valence-corrected chi connectivity index (χ2v) is 4.49. The molecule has 6 heteroatoms. The van der Waals surface area contributed by atoms with Gasteiger partial charge in [-0.2, -0.15) is 0 Å². The first kappa shape index (κ1) is 11.3. The van der Waals surface area contributed by atoms with Gasteiger partial charge in [0.1, 0.15) is 6.04 Å². The molecule has 0 saturated carbocycles. The largest absolute Gasteiger partial charge is 0.481 e. The highest BCUT2D eigenvalue weighted by molar-refractivity contribution is 7.80. The first-order chi connectivity index (χ1) is 7.61. The lowest BCUT2D eigenvalue weighted by atomic mass is 10.2. The summed E-state index contributed by atoms with van der Waals surface area (Å²) in [6.07, 6.45) is 2.42. The van der Waals surface area contributed by atoms with Crippen molar-refractivity contribution >= 4 is 29.2 Å². The quantitative estimate of drug-likeness (QED) is 0.725. The van der Waals surface area contributed by atoms with E-state index < -0.39 is 5.97 Å². The molecule has 0 aliphatic carbocycles. The van der Waals surface area contributed by atoms with Gasteiger partial charge in [0.25, 0.3) is 5.91 Å². The molecule has 1 atom stereocenters. The van der Waals surface area contributed by atoms with Crippen LogP contribution in [-0.2, 0) is 9.59 Å². The average Bonchev–Trinajstić information content (AvgIpc) is 2.77. The second kappa shape index (κ2) is 4.37. The zero-order valence-corrected chi connectivity index (χ0v) is 9.70. The minimum Gasteiger partial charge on any atom is -0.481 e. The molecule has 1 amide bonds. The Bertz CT molecular complexity index is 323. The first-order valence-corrected chi connectivity index (χ1v) is 5.86. The van der Waals surface area contributed by atoms with Gasteiger partial charge in [0.05, 0.1) is 0 Å². The van der Waals surface area contributed by atoms with Crippen LogP contribution in [-0.4, -0.2) is 51.0 Å². The van der Waals surface area contributed by atoms with E-state index in [0.29, 0.717) is 18.1 Å². The third-order valence-electron chi connectivity index (χ3n) is 3.05. The molecule has 2 rings (SSSR count). The number of carboxylic acids is 1. The van der Waals surface area contributed by atoms with Crippen molar-refractivity contribution in [3.8, 4) is 0 Å². The molecule has 5 nitrogen and oxygen atoms in total. The van der Waals surface area contributed by atoms with Crippen molar-refractivity contribution in [1.82, 2.24) is 9.80 Å². The van der Waals surface area contributed by atoms with E-state index in [1.54, 1.807) is 4.90 Å². The summed E-state index contributed by atoms with van der Waals surface area (Å²) >= 11 is 5.22. The Morgan fingerprint density at radius 3 is 2.94 bits per heavy atom. The minimum atomic E-state index is -0.835. The predicted octanol–water partition coefficient (Wildman–Crippen LogP) is 0.443. The molecule has 88 valence electrons. The Morgan fingerprint density at radius 2 is 2.31 bits per heavy atom. The van der Waals surface area contributed by atoms with Gasteiger partial charge in [-0.05, 0) is 31.5 Å². The third kappa shape index (κ3) is 1.89. The van der Waals surface area contributed by atoms with E-state index in [9.17, 15) is 9.59 Å². The third-order valence-corrected chi connectivity index (χ3v) is 3.51. The van der Waals surface area contributed by atoms with Gasteiger partial charge in [-0.1, -0.05) is 0 Å². The van der Waals surface area contributed by atoms with Crippen LogP contribution >= 0.6 is 12.2 Å². The monoisotopic (exact) mass is 242 g/mol. The summed E-state index contributed by atoms with van der Waals surface area (Å²) in [7, 11) is 0. The van der Waals surface area contributed by atoms with Crippen molar-refractivity contribution in [1.29, 1.82) is 0 Å². The molecule has 16 heavy (non-hydrogen) atoms. The molecule has 1 unspecified atom stereocenters. The summed E-state index contributed by atoms with van der Waals surface area (Å²) < 4.78 is 0. The minimum absolute atomic E-state index is 0.0490. The highest BCUT2D eigenvalue weighted by Crippen LogP contribution is 2.27. The van der Waals surface area contributed by atoms with Crippen LogP contribution in [0, 0.1) is 0 Å². The highest BCUT2D eigenvalue weighted by atomic mass is 32.1. The molecule has 2 aliphatic rings. The van der Waals surface area contributed by atoms with Gasteiger partial charge >= 0.3 is 5.97 Å². The Kier molecular flexibility index (Phi) is 3.09. The van der Waals surface area contributed by atoms with Crippen molar-refractivity contribution in [2.75, 3.05) is 13.1 Å². The van der Waals surface area contributed by atoms with E-state index in [1.807, 2.05) is 4.90 Å². The van der Waals surface area contributed by atoms with Crippen LogP contribution in [0.5, 0.6) is 0 Å². The van der Waals surface area contributed by atoms with Gasteiger partial charge in [0.15, 0.2) is 5.11 Å². The molecule has 0 aromatic rings. The van der Waals surface area contributed by atoms with Crippen LogP contribution in [0.2, 0.25) is 0 Å². The molecule has 2 saturated heterocycles. The zero-order valence-electron chi connectivity index (χ0n) is 8.89. The maximum absolute atomic E-state index is 11.9. The fourth-order valence-corrected chi connectivity index (χ4v) is 2.68. The van der Waals surface area contributed by atoms with Gasteiger partial charge in [-0.3, -0.25) is 14.5 Å². The number of fused-ring (bicyclic) bond motifs is 1. The summed E-state index contributed by atoms with van der Waals surface area (Å²) in [5, 5.41) is 9.12. The van der Waals surface area contributed by atoms with Gasteiger partial charge in [0.2, 0.25) is 0 Å². The number of hydrogen-bond acceptors (Lipinski definition) is 3. The van der Waals surface area contributed by atoms with Crippen LogP contribution < -0.4 is 0 Å². The summed E-state index contributed by atoms with van der Waals surface area (Å²) in [6.45, 7) is 1.28. The number of rotatable bonds is 4. The number of nitrogens with zero attached hydrogens (tertiary/aromatic N) is 2. The maximum Gasteiger partial charge on any atom is 0.303 e. The number of thiocarbonyl (C=S) groups is 1. The van der Waals surface area contributed by atoms with Crippen molar-refractivity contribution in [2.24, 2.45) is 0 Å². The predicted molar refractivity (Wildman–Crippen MR) is 60.9 cm³/mol. The van der Waals surface area contributed by atoms with Gasteiger partial charge in [-0.15, -0.1) is 0 Å². The molecule has 0 bridgehead atoms. The Hall–Kier alpha value is -1.17. The fourth-order valence-electron chi connectivity index (χ4n) is 2.28. The molecule has 2 aliphatic heterocycles. The van der Waals surface area contributed by atoms with E-state index in [4.69, 9.17) is 17.3 Å². The topological polar surface area (TPSA) is 60.9 Å². The van der Waals surface area contributed by atoms with Crippen molar-refractivity contribution in [3.63, 3.8) is 0 Å². The maximum atomic E-state index is 11.9. The lowest BCUT2D eigenvalue weighted by Crippen LogP contribution is -2.33. The molecule has 0 radical (unpaired) electrons. The standard InChI is InChI=1S/C10H14N2O3S/c13-8(14)4-2-6-12-9(15)7-3-1-5-11(7)10(12)16/h7H,1-6H2,(H,13,14). The van der Waals surface area contributed by atoms with Crippen LogP contribution in [0.15, 0.2) is 0 Å². The summed E-state index contributed by atoms with van der Waals surface area (Å²) in [4.78, 5) is 25.8.